The minimum absolute atomic E-state index is 0.0302. The van der Waals surface area contributed by atoms with Gasteiger partial charge >= 0.3 is 0 Å². The molecule has 3 aromatic carbocycles. The normalized spacial score (nSPS) is 16.7. The van der Waals surface area contributed by atoms with Crippen molar-refractivity contribution in [1.82, 2.24) is 5.32 Å². The molecule has 1 unspecified atom stereocenters. The van der Waals surface area contributed by atoms with Gasteiger partial charge in [-0.1, -0.05) is 36.4 Å². The van der Waals surface area contributed by atoms with Gasteiger partial charge in [0.05, 0.1) is 10.6 Å². The van der Waals surface area contributed by atoms with Crippen molar-refractivity contribution in [3.63, 3.8) is 0 Å². The Morgan fingerprint density at radius 2 is 1.81 bits per heavy atom. The molecule has 162 valence electrons. The van der Waals surface area contributed by atoms with Gasteiger partial charge in [0.1, 0.15) is 11.9 Å². The first kappa shape index (κ1) is 21.2. The Balaban J connectivity index is 1.41. The zero-order chi connectivity index (χ0) is 21.8. The molecule has 7 heteroatoms. The molecule has 1 aliphatic rings. The van der Waals surface area contributed by atoms with E-state index in [2.05, 4.69) is 29.1 Å². The largest absolute Gasteiger partial charge is 0.489 e. The standard InChI is InChI=1S/C24H27N3O3S/c1-17(18-5-3-2-4-6-18)26-16-22-12-8-19-7-11-21(15-24(19)30-22)27-31(28,29)23-13-9-20(25)10-14-23/h2-7,9-11,13-15,17,22,26-27H,8,12,16,25H2,1H3/t17-,22?/m0/s1. The Morgan fingerprint density at radius 1 is 1.06 bits per heavy atom. The van der Waals surface area contributed by atoms with Crippen LogP contribution in [0.25, 0.3) is 0 Å². The van der Waals surface area contributed by atoms with Gasteiger partial charge in [0, 0.05) is 24.3 Å². The zero-order valence-corrected chi connectivity index (χ0v) is 18.2. The molecule has 0 fully saturated rings. The fourth-order valence-electron chi connectivity index (χ4n) is 3.66. The maximum Gasteiger partial charge on any atom is 0.261 e. The van der Waals surface area contributed by atoms with Crippen LogP contribution in [0.1, 0.15) is 30.5 Å². The number of sulfonamides is 1. The third kappa shape index (κ3) is 5.18. The van der Waals surface area contributed by atoms with Crippen molar-refractivity contribution in [2.75, 3.05) is 17.0 Å². The first-order valence-corrected chi connectivity index (χ1v) is 11.9. The Morgan fingerprint density at radius 3 is 2.55 bits per heavy atom. The number of nitrogens with two attached hydrogens (primary N) is 1. The van der Waals surface area contributed by atoms with E-state index in [9.17, 15) is 8.42 Å². The topological polar surface area (TPSA) is 93.5 Å². The number of anilines is 2. The highest BCUT2D eigenvalue weighted by molar-refractivity contribution is 7.92. The van der Waals surface area contributed by atoms with Crippen LogP contribution in [0.5, 0.6) is 5.75 Å². The molecule has 1 aliphatic heterocycles. The number of nitrogen functional groups attached to an aromatic ring is 1. The van der Waals surface area contributed by atoms with Crippen LogP contribution >= 0.6 is 0 Å². The van der Waals surface area contributed by atoms with Gasteiger partial charge in [0.2, 0.25) is 0 Å². The summed E-state index contributed by atoms with van der Waals surface area (Å²) in [5.41, 5.74) is 8.96. The SMILES string of the molecule is C[C@H](NCC1CCc2ccc(NS(=O)(=O)c3ccc(N)cc3)cc2O1)c1ccccc1. The van der Waals surface area contributed by atoms with E-state index in [4.69, 9.17) is 10.5 Å². The van der Waals surface area contributed by atoms with E-state index in [0.717, 1.165) is 30.7 Å². The van der Waals surface area contributed by atoms with Gasteiger partial charge in [-0.25, -0.2) is 8.42 Å². The maximum atomic E-state index is 12.7. The first-order chi connectivity index (χ1) is 14.9. The van der Waals surface area contributed by atoms with Crippen LogP contribution < -0.4 is 20.5 Å². The molecule has 0 aromatic heterocycles. The highest BCUT2D eigenvalue weighted by atomic mass is 32.2. The number of hydrogen-bond acceptors (Lipinski definition) is 5. The number of benzene rings is 3. The Kier molecular flexibility index (Phi) is 6.15. The van der Waals surface area contributed by atoms with Gasteiger partial charge in [0.15, 0.2) is 0 Å². The summed E-state index contributed by atoms with van der Waals surface area (Å²) >= 11 is 0. The fourth-order valence-corrected chi connectivity index (χ4v) is 4.71. The molecule has 3 aromatic rings. The van der Waals surface area contributed by atoms with Crippen molar-refractivity contribution in [3.8, 4) is 5.75 Å². The minimum atomic E-state index is -3.70. The van der Waals surface area contributed by atoms with E-state index in [1.807, 2.05) is 24.3 Å². The lowest BCUT2D eigenvalue weighted by Gasteiger charge is -2.28. The molecule has 0 aliphatic carbocycles. The van der Waals surface area contributed by atoms with Gasteiger partial charge in [-0.3, -0.25) is 4.72 Å². The average molecular weight is 438 g/mol. The van der Waals surface area contributed by atoms with Crippen molar-refractivity contribution in [2.24, 2.45) is 0 Å². The zero-order valence-electron chi connectivity index (χ0n) is 17.4. The van der Waals surface area contributed by atoms with E-state index >= 15 is 0 Å². The molecule has 4 N–H and O–H groups in total. The van der Waals surface area contributed by atoms with E-state index in [1.54, 1.807) is 24.3 Å². The average Bonchev–Trinajstić information content (AvgIpc) is 2.78. The van der Waals surface area contributed by atoms with E-state index in [0.29, 0.717) is 11.4 Å². The summed E-state index contributed by atoms with van der Waals surface area (Å²) in [6.07, 6.45) is 1.84. The predicted molar refractivity (Wildman–Crippen MR) is 124 cm³/mol. The number of rotatable bonds is 7. The molecule has 4 rings (SSSR count). The Hall–Kier alpha value is -3.03. The predicted octanol–water partition coefficient (Wildman–Crippen LogP) is 4.11. The van der Waals surface area contributed by atoms with Crippen molar-refractivity contribution < 1.29 is 13.2 Å². The van der Waals surface area contributed by atoms with Gasteiger partial charge < -0.3 is 15.8 Å². The molecule has 31 heavy (non-hydrogen) atoms. The molecule has 0 saturated carbocycles. The lowest BCUT2D eigenvalue weighted by Crippen LogP contribution is -2.35. The minimum Gasteiger partial charge on any atom is -0.489 e. The van der Waals surface area contributed by atoms with Crippen LogP contribution in [0.15, 0.2) is 77.7 Å². The third-order valence-electron chi connectivity index (χ3n) is 5.49. The Labute approximate surface area is 183 Å². The van der Waals surface area contributed by atoms with Gasteiger partial charge in [-0.2, -0.15) is 0 Å². The van der Waals surface area contributed by atoms with Crippen LogP contribution in [0, 0.1) is 0 Å². The number of ether oxygens (including phenoxy) is 1. The van der Waals surface area contributed by atoms with Crippen LogP contribution in [-0.2, 0) is 16.4 Å². The summed E-state index contributed by atoms with van der Waals surface area (Å²) in [6, 6.07) is 22.1. The van der Waals surface area contributed by atoms with Gasteiger partial charge in [0.25, 0.3) is 10.0 Å². The van der Waals surface area contributed by atoms with Gasteiger partial charge in [-0.05, 0) is 61.2 Å². The Bertz CT molecular complexity index is 1130. The second-order valence-electron chi connectivity index (χ2n) is 7.82. The highest BCUT2D eigenvalue weighted by Crippen LogP contribution is 2.31. The molecule has 1 heterocycles. The molecule has 6 nitrogen and oxygen atoms in total. The van der Waals surface area contributed by atoms with Crippen molar-refractivity contribution in [1.29, 1.82) is 0 Å². The van der Waals surface area contributed by atoms with Gasteiger partial charge in [-0.15, -0.1) is 0 Å². The lowest BCUT2D eigenvalue weighted by molar-refractivity contribution is 0.167. The molecule has 0 radical (unpaired) electrons. The quantitative estimate of drug-likeness (QED) is 0.484. The summed E-state index contributed by atoms with van der Waals surface area (Å²) in [5, 5.41) is 3.53. The molecular weight excluding hydrogens is 410 g/mol. The van der Waals surface area contributed by atoms with Crippen LogP contribution in [0.2, 0.25) is 0 Å². The van der Waals surface area contributed by atoms with Crippen LogP contribution in [0.4, 0.5) is 11.4 Å². The second kappa shape index (κ2) is 8.99. The van der Waals surface area contributed by atoms with E-state index in [-0.39, 0.29) is 17.0 Å². The van der Waals surface area contributed by atoms with Crippen LogP contribution in [0.3, 0.4) is 0 Å². The molecule has 0 saturated heterocycles. The third-order valence-corrected chi connectivity index (χ3v) is 6.89. The molecule has 0 spiro atoms. The maximum absolute atomic E-state index is 12.7. The number of aryl methyl sites for hydroxylation is 1. The second-order valence-corrected chi connectivity index (χ2v) is 9.50. The van der Waals surface area contributed by atoms with E-state index < -0.39 is 10.0 Å². The first-order valence-electron chi connectivity index (χ1n) is 10.4. The molecule has 0 bridgehead atoms. The monoisotopic (exact) mass is 437 g/mol. The summed E-state index contributed by atoms with van der Waals surface area (Å²) in [6.45, 7) is 2.85. The lowest BCUT2D eigenvalue weighted by atomic mass is 10.0. The molecular formula is C24H27N3O3S. The summed E-state index contributed by atoms with van der Waals surface area (Å²) in [5.74, 6) is 0.725. The fraction of sp³-hybridized carbons (Fsp3) is 0.250. The summed E-state index contributed by atoms with van der Waals surface area (Å²) in [4.78, 5) is 0.164. The van der Waals surface area contributed by atoms with Crippen LogP contribution in [-0.4, -0.2) is 21.1 Å². The number of nitrogens with one attached hydrogen (secondary N) is 2. The summed E-state index contributed by atoms with van der Waals surface area (Å²) < 4.78 is 34.1. The summed E-state index contributed by atoms with van der Waals surface area (Å²) in [7, 11) is -3.70. The smallest absolute Gasteiger partial charge is 0.261 e. The molecule has 2 atom stereocenters. The molecule has 0 amide bonds. The van der Waals surface area contributed by atoms with Crippen molar-refractivity contribution >= 4 is 21.4 Å². The van der Waals surface area contributed by atoms with Crippen molar-refractivity contribution in [2.45, 2.75) is 36.8 Å². The van der Waals surface area contributed by atoms with E-state index in [1.165, 1.54) is 17.7 Å². The van der Waals surface area contributed by atoms with Crippen molar-refractivity contribution in [3.05, 3.63) is 83.9 Å². The highest BCUT2D eigenvalue weighted by Gasteiger charge is 2.22. The number of fused-ring (bicyclic) bond motifs is 1. The number of hydrogen-bond donors (Lipinski definition) is 3.